The molecule has 2 heterocycles. The number of aryl methyl sites for hydroxylation is 3. The molecule has 2 aromatic carbocycles. The Kier molecular flexibility index (Phi) is 4.78. The summed E-state index contributed by atoms with van der Waals surface area (Å²) in [7, 11) is 0. The van der Waals surface area contributed by atoms with Crippen LogP contribution in [0.2, 0.25) is 0 Å². The first-order chi connectivity index (χ1) is 14.8. The molecule has 0 amide bonds. The fraction of sp³-hybridized carbons (Fsp3) is 0.423. The van der Waals surface area contributed by atoms with Gasteiger partial charge >= 0.3 is 0 Å². The van der Waals surface area contributed by atoms with E-state index in [9.17, 15) is 18.7 Å². The number of carbonyl (C=O) groups excluding carboxylic acids is 1. The smallest absolute Gasteiger partial charge is 0.173 e. The second kappa shape index (κ2) is 7.27. The highest BCUT2D eigenvalue weighted by atomic mass is 19.1. The van der Waals surface area contributed by atoms with E-state index < -0.39 is 29.6 Å². The predicted molar refractivity (Wildman–Crippen MR) is 114 cm³/mol. The van der Waals surface area contributed by atoms with E-state index in [-0.39, 0.29) is 23.6 Å². The molecule has 162 valence electrons. The van der Waals surface area contributed by atoms with Gasteiger partial charge < -0.3 is 9.84 Å². The van der Waals surface area contributed by atoms with Crippen LogP contribution >= 0.6 is 0 Å². The summed E-state index contributed by atoms with van der Waals surface area (Å²) >= 11 is 0. The number of ether oxygens (including phenoxy) is 1. The molecule has 2 bridgehead atoms. The Hall–Kier alpha value is -2.53. The highest BCUT2D eigenvalue weighted by Gasteiger charge is 2.62. The number of allylic oxidation sites excluding steroid dienone is 1. The first-order valence-electron chi connectivity index (χ1n) is 11.1. The molecule has 0 saturated carbocycles. The Balaban J connectivity index is 1.60. The quantitative estimate of drug-likeness (QED) is 0.711. The minimum atomic E-state index is -0.628. The second-order valence-corrected chi connectivity index (χ2v) is 9.03. The topological polar surface area (TPSA) is 46.5 Å². The van der Waals surface area contributed by atoms with E-state index in [0.717, 1.165) is 41.2 Å². The van der Waals surface area contributed by atoms with Crippen LogP contribution in [0.3, 0.4) is 0 Å². The van der Waals surface area contributed by atoms with Crippen LogP contribution in [-0.4, -0.2) is 23.1 Å². The Bertz CT molecular complexity index is 1070. The lowest BCUT2D eigenvalue weighted by Gasteiger charge is -2.27. The zero-order valence-corrected chi connectivity index (χ0v) is 17.9. The molecule has 2 aromatic rings. The Labute approximate surface area is 180 Å². The Morgan fingerprint density at radius 2 is 1.61 bits per heavy atom. The lowest BCUT2D eigenvalue weighted by Crippen LogP contribution is -2.33. The van der Waals surface area contributed by atoms with Gasteiger partial charge in [-0.1, -0.05) is 31.5 Å². The second-order valence-electron chi connectivity index (χ2n) is 9.03. The average Bonchev–Trinajstić information content (AvgIpc) is 3.38. The number of aliphatic hydroxyl groups is 1. The highest BCUT2D eigenvalue weighted by molar-refractivity contribution is 6.26. The van der Waals surface area contributed by atoms with Crippen LogP contribution in [0, 0.1) is 30.4 Å². The first-order valence-corrected chi connectivity index (χ1v) is 11.1. The monoisotopic (exact) mass is 424 g/mol. The molecule has 5 atom stereocenters. The fourth-order valence-corrected chi connectivity index (χ4v) is 6.04. The van der Waals surface area contributed by atoms with E-state index >= 15 is 0 Å². The van der Waals surface area contributed by atoms with Crippen LogP contribution in [0.25, 0.3) is 5.57 Å². The zero-order chi connectivity index (χ0) is 22.0. The third-order valence-corrected chi connectivity index (χ3v) is 7.25. The maximum atomic E-state index is 13.8. The van der Waals surface area contributed by atoms with Crippen molar-refractivity contribution in [3.8, 4) is 0 Å². The van der Waals surface area contributed by atoms with Gasteiger partial charge in [-0.15, -0.1) is 0 Å². The number of ketones is 1. The minimum Gasteiger partial charge on any atom is -0.511 e. The molecular weight excluding hydrogens is 398 g/mol. The number of Topliss-reactive ketones (excluding diaryl/α,β-unsaturated/α-hetero) is 1. The molecule has 0 radical (unpaired) electrons. The molecule has 0 spiro atoms. The van der Waals surface area contributed by atoms with Crippen molar-refractivity contribution in [2.45, 2.75) is 58.2 Å². The van der Waals surface area contributed by atoms with E-state index in [1.54, 1.807) is 0 Å². The van der Waals surface area contributed by atoms with E-state index in [0.29, 0.717) is 17.6 Å². The van der Waals surface area contributed by atoms with Gasteiger partial charge in [0.1, 0.15) is 17.4 Å². The molecule has 2 aliphatic heterocycles. The average molecular weight is 424 g/mol. The van der Waals surface area contributed by atoms with Gasteiger partial charge in [0.2, 0.25) is 0 Å². The van der Waals surface area contributed by atoms with Crippen molar-refractivity contribution in [3.63, 3.8) is 0 Å². The van der Waals surface area contributed by atoms with Crippen molar-refractivity contribution < 1.29 is 23.4 Å². The SMILES string of the molecule is CCc1cc(C)cc(CC)c1C1=C(O)[C@@H]2[C@@H]3O[C@@H](C[C@H]3c3cc(F)cc(F)c3)[C@@H]2C1=O. The molecule has 3 aliphatic rings. The Morgan fingerprint density at radius 1 is 1.00 bits per heavy atom. The summed E-state index contributed by atoms with van der Waals surface area (Å²) in [6.45, 7) is 6.14. The number of rotatable bonds is 4. The van der Waals surface area contributed by atoms with Crippen molar-refractivity contribution in [2.24, 2.45) is 11.8 Å². The van der Waals surface area contributed by atoms with E-state index in [1.807, 2.05) is 6.92 Å². The van der Waals surface area contributed by atoms with Gasteiger partial charge in [-0.2, -0.15) is 0 Å². The largest absolute Gasteiger partial charge is 0.511 e. The molecule has 3 nitrogen and oxygen atoms in total. The standard InChI is InChI=1S/C26H26F2O3/c1-4-13-6-12(3)7-14(5-2)20(13)22-24(29)21-19-11-18(26(31-19)23(21)25(22)30)15-8-16(27)10-17(28)9-15/h6-10,18-19,21,23,26,30H,4-5,11H2,1-3H3/t18-,19-,21-,23+,26+/m0/s1. The summed E-state index contributed by atoms with van der Waals surface area (Å²) in [4.78, 5) is 13.5. The fourth-order valence-electron chi connectivity index (χ4n) is 6.04. The van der Waals surface area contributed by atoms with E-state index in [2.05, 4.69) is 26.0 Å². The van der Waals surface area contributed by atoms with Crippen molar-refractivity contribution in [1.82, 2.24) is 0 Å². The van der Waals surface area contributed by atoms with Crippen molar-refractivity contribution in [2.75, 3.05) is 0 Å². The normalized spacial score (nSPS) is 29.2. The molecule has 2 fully saturated rings. The van der Waals surface area contributed by atoms with Crippen LogP contribution in [-0.2, 0) is 22.4 Å². The van der Waals surface area contributed by atoms with Crippen molar-refractivity contribution in [1.29, 1.82) is 0 Å². The summed E-state index contributed by atoms with van der Waals surface area (Å²) in [6, 6.07) is 7.68. The van der Waals surface area contributed by atoms with Gasteiger partial charge in [0.05, 0.1) is 29.6 Å². The van der Waals surface area contributed by atoms with Gasteiger partial charge in [0.15, 0.2) is 5.78 Å². The molecule has 1 N–H and O–H groups in total. The number of hydrogen-bond acceptors (Lipinski definition) is 3. The predicted octanol–water partition coefficient (Wildman–Crippen LogP) is 5.44. The van der Waals surface area contributed by atoms with Crippen LogP contribution in [0.15, 0.2) is 36.1 Å². The van der Waals surface area contributed by atoms with E-state index in [4.69, 9.17) is 4.74 Å². The van der Waals surface area contributed by atoms with Crippen LogP contribution in [0.4, 0.5) is 8.78 Å². The molecule has 1 aliphatic carbocycles. The number of aliphatic hydroxyl groups excluding tert-OH is 1. The van der Waals surface area contributed by atoms with E-state index in [1.165, 1.54) is 12.1 Å². The summed E-state index contributed by atoms with van der Waals surface area (Å²) in [6.07, 6.45) is 1.24. The molecule has 0 aromatic heterocycles. The summed E-state index contributed by atoms with van der Waals surface area (Å²) in [5, 5.41) is 11.3. The summed E-state index contributed by atoms with van der Waals surface area (Å²) in [5.74, 6) is -2.38. The lowest BCUT2D eigenvalue weighted by atomic mass is 9.72. The summed E-state index contributed by atoms with van der Waals surface area (Å²) in [5.41, 5.74) is 5.07. The van der Waals surface area contributed by atoms with Gasteiger partial charge in [-0.3, -0.25) is 4.79 Å². The zero-order valence-electron chi connectivity index (χ0n) is 17.9. The van der Waals surface area contributed by atoms with Crippen LogP contribution in [0.5, 0.6) is 0 Å². The minimum absolute atomic E-state index is 0.0628. The molecule has 31 heavy (non-hydrogen) atoms. The number of carbonyl (C=O) groups is 1. The molecule has 5 heteroatoms. The third-order valence-electron chi connectivity index (χ3n) is 7.25. The van der Waals surface area contributed by atoms with Gasteiger partial charge in [-0.25, -0.2) is 8.78 Å². The highest BCUT2D eigenvalue weighted by Crippen LogP contribution is 2.58. The molecule has 5 rings (SSSR count). The number of hydrogen-bond donors (Lipinski definition) is 1. The van der Waals surface area contributed by atoms with Gasteiger partial charge in [0, 0.05) is 12.0 Å². The van der Waals surface area contributed by atoms with Gasteiger partial charge in [0.25, 0.3) is 0 Å². The first kappa shape index (κ1) is 20.4. The number of halogens is 2. The Morgan fingerprint density at radius 3 is 2.19 bits per heavy atom. The van der Waals surface area contributed by atoms with Crippen molar-refractivity contribution >= 4 is 11.4 Å². The maximum Gasteiger partial charge on any atom is 0.173 e. The maximum absolute atomic E-state index is 13.8. The molecule has 0 unspecified atom stereocenters. The van der Waals surface area contributed by atoms with Crippen molar-refractivity contribution in [3.05, 3.63) is 75.5 Å². The molecule has 2 saturated heterocycles. The van der Waals surface area contributed by atoms with Gasteiger partial charge in [-0.05, 0) is 60.6 Å². The number of fused-ring (bicyclic) bond motifs is 5. The van der Waals surface area contributed by atoms with Crippen LogP contribution < -0.4 is 0 Å². The van der Waals surface area contributed by atoms with Crippen LogP contribution in [0.1, 0.15) is 54.0 Å². The number of benzene rings is 2. The molecular formula is C26H26F2O3. The summed E-state index contributed by atoms with van der Waals surface area (Å²) < 4.78 is 33.7. The lowest BCUT2D eigenvalue weighted by molar-refractivity contribution is -0.118. The third kappa shape index (κ3) is 2.97.